The lowest BCUT2D eigenvalue weighted by atomic mass is 9.99. The molecular formula is C17H22N4O2S. The highest BCUT2D eigenvalue weighted by atomic mass is 32.1. The molecule has 2 N–H and O–H groups in total. The second kappa shape index (κ2) is 6.49. The Kier molecular flexibility index (Phi) is 4.56. The van der Waals surface area contributed by atoms with Crippen molar-refractivity contribution < 1.29 is 9.90 Å². The van der Waals surface area contributed by atoms with Gasteiger partial charge < -0.3 is 10.4 Å². The first kappa shape index (κ1) is 16.9. The maximum absolute atomic E-state index is 11.7. The zero-order chi connectivity index (χ0) is 17.3. The van der Waals surface area contributed by atoms with Gasteiger partial charge in [-0.2, -0.15) is 0 Å². The highest BCUT2D eigenvalue weighted by molar-refractivity contribution is 7.09. The van der Waals surface area contributed by atoms with Crippen molar-refractivity contribution in [2.75, 3.05) is 13.1 Å². The molecule has 7 heteroatoms. The Hall–Kier alpha value is -1.99. The summed E-state index contributed by atoms with van der Waals surface area (Å²) in [6, 6.07) is 3.47. The zero-order valence-corrected chi connectivity index (χ0v) is 15.0. The average molecular weight is 346 g/mol. The van der Waals surface area contributed by atoms with Crippen molar-refractivity contribution in [1.82, 2.24) is 20.2 Å². The molecule has 1 amide bonds. The van der Waals surface area contributed by atoms with Gasteiger partial charge in [0.15, 0.2) is 0 Å². The van der Waals surface area contributed by atoms with E-state index < -0.39 is 5.54 Å². The second-order valence-electron chi connectivity index (χ2n) is 6.44. The van der Waals surface area contributed by atoms with Crippen LogP contribution in [0.5, 0.6) is 5.75 Å². The van der Waals surface area contributed by atoms with Crippen LogP contribution in [0.2, 0.25) is 0 Å². The number of nitrogens with one attached hydrogen (secondary N) is 1. The smallest absolute Gasteiger partial charge is 0.217 e. The van der Waals surface area contributed by atoms with Crippen LogP contribution in [0.1, 0.15) is 35.4 Å². The monoisotopic (exact) mass is 346 g/mol. The molecule has 0 saturated carbocycles. The largest absolute Gasteiger partial charge is 0.506 e. The Bertz CT molecular complexity index is 761. The van der Waals surface area contributed by atoms with Gasteiger partial charge in [-0.05, 0) is 32.4 Å². The Balaban J connectivity index is 1.82. The van der Waals surface area contributed by atoms with E-state index in [1.54, 1.807) is 30.4 Å². The maximum atomic E-state index is 11.7. The molecule has 1 aliphatic heterocycles. The molecule has 0 bridgehead atoms. The number of hydrogen-bond acceptors (Lipinski definition) is 6. The highest BCUT2D eigenvalue weighted by Gasteiger charge is 2.42. The lowest BCUT2D eigenvalue weighted by Gasteiger charge is -2.28. The van der Waals surface area contributed by atoms with Gasteiger partial charge in [-0.1, -0.05) is 0 Å². The molecule has 0 spiro atoms. The topological polar surface area (TPSA) is 78.4 Å². The van der Waals surface area contributed by atoms with Crippen LogP contribution in [0.25, 0.3) is 0 Å². The predicted octanol–water partition coefficient (Wildman–Crippen LogP) is 2.10. The van der Waals surface area contributed by atoms with Crippen molar-refractivity contribution in [1.29, 1.82) is 0 Å². The third-order valence-electron chi connectivity index (χ3n) is 4.25. The summed E-state index contributed by atoms with van der Waals surface area (Å²) in [5, 5.41) is 16.1. The summed E-state index contributed by atoms with van der Waals surface area (Å²) in [5.74, 6) is 0.156. The Morgan fingerprint density at radius 1 is 1.38 bits per heavy atom. The number of rotatable bonds is 4. The first-order chi connectivity index (χ1) is 11.4. The van der Waals surface area contributed by atoms with Crippen molar-refractivity contribution in [3.63, 3.8) is 0 Å². The van der Waals surface area contributed by atoms with Gasteiger partial charge >= 0.3 is 0 Å². The third-order valence-corrected chi connectivity index (χ3v) is 5.42. The van der Waals surface area contributed by atoms with Crippen LogP contribution in [-0.2, 0) is 16.9 Å². The lowest BCUT2D eigenvalue weighted by Crippen LogP contribution is -2.47. The van der Waals surface area contributed by atoms with E-state index in [-0.39, 0.29) is 11.7 Å². The van der Waals surface area contributed by atoms with E-state index in [4.69, 9.17) is 0 Å². The molecule has 0 radical (unpaired) electrons. The summed E-state index contributed by atoms with van der Waals surface area (Å²) in [6.45, 7) is 7.44. The van der Waals surface area contributed by atoms with E-state index in [0.29, 0.717) is 18.8 Å². The molecular weight excluding hydrogens is 324 g/mol. The first-order valence-electron chi connectivity index (χ1n) is 7.97. The molecule has 3 rings (SSSR count). The SMILES string of the molecule is CC(=O)NC1(c2nc(C)cs2)CCN(Cc2nc(C)ccc2O)C1. The second-order valence-corrected chi connectivity index (χ2v) is 7.29. The molecule has 0 aromatic carbocycles. The minimum absolute atomic E-state index is 0.0544. The van der Waals surface area contributed by atoms with Gasteiger partial charge in [0.1, 0.15) is 16.3 Å². The number of carbonyl (C=O) groups excluding carboxylic acids is 1. The minimum atomic E-state index is -0.454. The number of carbonyl (C=O) groups is 1. The quantitative estimate of drug-likeness (QED) is 0.886. The number of thiazole rings is 1. The fourth-order valence-corrected chi connectivity index (χ4v) is 4.17. The molecule has 2 aromatic rings. The normalized spacial score (nSPS) is 21.1. The first-order valence-corrected chi connectivity index (χ1v) is 8.85. The van der Waals surface area contributed by atoms with E-state index >= 15 is 0 Å². The zero-order valence-electron chi connectivity index (χ0n) is 14.2. The Labute approximate surface area is 145 Å². The van der Waals surface area contributed by atoms with Crippen molar-refractivity contribution in [3.8, 4) is 5.75 Å². The van der Waals surface area contributed by atoms with Crippen molar-refractivity contribution in [2.24, 2.45) is 0 Å². The van der Waals surface area contributed by atoms with Crippen LogP contribution < -0.4 is 5.32 Å². The number of aryl methyl sites for hydroxylation is 2. The molecule has 3 heterocycles. The Morgan fingerprint density at radius 3 is 2.83 bits per heavy atom. The van der Waals surface area contributed by atoms with Gasteiger partial charge in [0.25, 0.3) is 0 Å². The number of pyridine rings is 1. The van der Waals surface area contributed by atoms with E-state index in [2.05, 4.69) is 20.2 Å². The van der Waals surface area contributed by atoms with Crippen molar-refractivity contribution in [2.45, 2.75) is 39.3 Å². The van der Waals surface area contributed by atoms with E-state index in [1.807, 2.05) is 19.2 Å². The fraction of sp³-hybridized carbons (Fsp3) is 0.471. The molecule has 6 nitrogen and oxygen atoms in total. The summed E-state index contributed by atoms with van der Waals surface area (Å²) in [6.07, 6.45) is 0.798. The van der Waals surface area contributed by atoms with Crippen molar-refractivity contribution >= 4 is 17.2 Å². The van der Waals surface area contributed by atoms with E-state index in [9.17, 15) is 9.90 Å². The maximum Gasteiger partial charge on any atom is 0.217 e. The molecule has 1 saturated heterocycles. The molecule has 1 fully saturated rings. The average Bonchev–Trinajstić information content (AvgIpc) is 3.10. The summed E-state index contributed by atoms with van der Waals surface area (Å²) in [5.41, 5.74) is 2.07. The van der Waals surface area contributed by atoms with Gasteiger partial charge in [-0.25, -0.2) is 4.98 Å². The molecule has 128 valence electrons. The Morgan fingerprint density at radius 2 is 2.17 bits per heavy atom. The lowest BCUT2D eigenvalue weighted by molar-refractivity contribution is -0.120. The molecule has 0 aliphatic carbocycles. The van der Waals surface area contributed by atoms with Crippen LogP contribution in [-0.4, -0.2) is 39.0 Å². The van der Waals surface area contributed by atoms with Crippen LogP contribution in [0.15, 0.2) is 17.5 Å². The van der Waals surface area contributed by atoms with Gasteiger partial charge in [0.05, 0.1) is 5.69 Å². The van der Waals surface area contributed by atoms with E-state index in [0.717, 1.165) is 29.4 Å². The third kappa shape index (κ3) is 3.42. The molecule has 1 atom stereocenters. The van der Waals surface area contributed by atoms with Crippen molar-refractivity contribution in [3.05, 3.63) is 39.6 Å². The standard InChI is InChI=1S/C17H22N4O2S/c1-11-4-5-15(23)14(18-11)8-21-7-6-17(10-21,20-13(3)22)16-19-12(2)9-24-16/h4-5,9,23H,6-8,10H2,1-3H3,(H,20,22). The summed E-state index contributed by atoms with van der Waals surface area (Å²) < 4.78 is 0. The van der Waals surface area contributed by atoms with Gasteiger partial charge in [-0.15, -0.1) is 11.3 Å². The molecule has 1 aliphatic rings. The number of aromatic nitrogens is 2. The molecule has 24 heavy (non-hydrogen) atoms. The highest BCUT2D eigenvalue weighted by Crippen LogP contribution is 2.35. The van der Waals surface area contributed by atoms with Crippen LogP contribution in [0.3, 0.4) is 0 Å². The van der Waals surface area contributed by atoms with Crippen LogP contribution in [0.4, 0.5) is 0 Å². The minimum Gasteiger partial charge on any atom is -0.506 e. The number of nitrogens with zero attached hydrogens (tertiary/aromatic N) is 3. The van der Waals surface area contributed by atoms with Gasteiger partial charge in [0.2, 0.25) is 5.91 Å². The number of amides is 1. The summed E-state index contributed by atoms with van der Waals surface area (Å²) in [7, 11) is 0. The predicted molar refractivity (Wildman–Crippen MR) is 92.9 cm³/mol. The number of aromatic hydroxyl groups is 1. The van der Waals surface area contributed by atoms with E-state index in [1.165, 1.54) is 0 Å². The van der Waals surface area contributed by atoms with Crippen LogP contribution >= 0.6 is 11.3 Å². The fourth-order valence-electron chi connectivity index (χ4n) is 3.20. The van der Waals surface area contributed by atoms with Crippen LogP contribution in [0, 0.1) is 13.8 Å². The number of hydrogen-bond donors (Lipinski definition) is 2. The summed E-state index contributed by atoms with van der Waals surface area (Å²) in [4.78, 5) is 23.0. The summed E-state index contributed by atoms with van der Waals surface area (Å²) >= 11 is 1.58. The van der Waals surface area contributed by atoms with Gasteiger partial charge in [0, 0.05) is 43.3 Å². The number of likely N-dealkylation sites (tertiary alicyclic amines) is 1. The molecule has 2 aromatic heterocycles. The molecule has 1 unspecified atom stereocenters. The van der Waals surface area contributed by atoms with Gasteiger partial charge in [-0.3, -0.25) is 14.7 Å².